The molecular weight excluding hydrogens is 911 g/mol. The number of hydrogen-bond donors (Lipinski definition) is 0. The molecule has 4 aliphatic rings. The van der Waals surface area contributed by atoms with Crippen LogP contribution in [-0.4, -0.2) is 0 Å². The zero-order valence-corrected chi connectivity index (χ0v) is 40.7. The van der Waals surface area contributed by atoms with Crippen LogP contribution < -0.4 is 14.4 Å². The fourth-order valence-corrected chi connectivity index (χ4v) is 13.7. The van der Waals surface area contributed by atoms with Gasteiger partial charge in [-0.2, -0.15) is 0 Å². The number of anilines is 3. The highest BCUT2D eigenvalue weighted by atomic mass is 16.5. The first-order valence-corrected chi connectivity index (χ1v) is 25.9. The second kappa shape index (κ2) is 15.9. The minimum absolute atomic E-state index is 0.639. The van der Waals surface area contributed by atoms with Crippen LogP contribution in [0.3, 0.4) is 0 Å². The molecule has 2 aliphatic heterocycles. The van der Waals surface area contributed by atoms with Crippen LogP contribution in [0.1, 0.15) is 44.5 Å². The van der Waals surface area contributed by atoms with E-state index in [4.69, 9.17) is 9.47 Å². The van der Waals surface area contributed by atoms with E-state index < -0.39 is 10.8 Å². The third-order valence-corrected chi connectivity index (χ3v) is 16.6. The van der Waals surface area contributed by atoms with E-state index in [1.165, 1.54) is 66.4 Å². The van der Waals surface area contributed by atoms with Gasteiger partial charge in [0.05, 0.1) is 22.2 Å². The Morgan fingerprint density at radius 3 is 1.45 bits per heavy atom. The van der Waals surface area contributed by atoms with Gasteiger partial charge in [-0.15, -0.1) is 0 Å². The zero-order chi connectivity index (χ0) is 49.2. The van der Waals surface area contributed by atoms with Crippen molar-refractivity contribution in [2.75, 3.05) is 4.90 Å². The Hall–Kier alpha value is -9.70. The van der Waals surface area contributed by atoms with E-state index in [-0.39, 0.29) is 0 Å². The molecule has 0 saturated heterocycles. The van der Waals surface area contributed by atoms with Crippen molar-refractivity contribution in [2.45, 2.75) is 10.8 Å². The molecule has 0 N–H and O–H groups in total. The fourth-order valence-electron chi connectivity index (χ4n) is 13.7. The van der Waals surface area contributed by atoms with Crippen molar-refractivity contribution in [3.63, 3.8) is 0 Å². The van der Waals surface area contributed by atoms with Crippen LogP contribution in [-0.2, 0) is 10.8 Å². The maximum absolute atomic E-state index is 6.82. The second-order valence-electron chi connectivity index (χ2n) is 20.2. The number of ether oxygens (including phenoxy) is 2. The Bertz CT molecular complexity index is 4230. The predicted molar refractivity (Wildman–Crippen MR) is 304 cm³/mol. The molecule has 0 aromatic heterocycles. The van der Waals surface area contributed by atoms with Crippen LogP contribution in [0.25, 0.3) is 55.3 Å². The highest BCUT2D eigenvalue weighted by Gasteiger charge is 2.54. The van der Waals surface area contributed by atoms with Gasteiger partial charge >= 0.3 is 0 Å². The molecule has 3 nitrogen and oxygen atoms in total. The molecule has 16 rings (SSSR count). The summed E-state index contributed by atoms with van der Waals surface area (Å²) in [5, 5.41) is 2.45. The Morgan fingerprint density at radius 2 is 0.773 bits per heavy atom. The average Bonchev–Trinajstić information content (AvgIpc) is 4.08. The van der Waals surface area contributed by atoms with Gasteiger partial charge in [0.1, 0.15) is 23.0 Å². The van der Waals surface area contributed by atoms with Gasteiger partial charge < -0.3 is 14.4 Å². The lowest BCUT2D eigenvalue weighted by molar-refractivity contribution is 0.436. The minimum Gasteiger partial charge on any atom is -0.457 e. The summed E-state index contributed by atoms with van der Waals surface area (Å²) >= 11 is 0. The first-order valence-electron chi connectivity index (χ1n) is 25.9. The maximum Gasteiger partial charge on any atom is 0.132 e. The molecule has 0 saturated carbocycles. The summed E-state index contributed by atoms with van der Waals surface area (Å²) in [6, 6.07) is 100. The molecule has 0 amide bonds. The summed E-state index contributed by atoms with van der Waals surface area (Å²) in [5.74, 6) is 3.51. The van der Waals surface area contributed by atoms with E-state index in [1.54, 1.807) is 0 Å². The van der Waals surface area contributed by atoms with E-state index >= 15 is 0 Å². The molecule has 75 heavy (non-hydrogen) atoms. The van der Waals surface area contributed by atoms with Crippen molar-refractivity contribution in [3.8, 4) is 67.5 Å². The molecule has 12 aromatic rings. The van der Waals surface area contributed by atoms with Crippen molar-refractivity contribution >= 4 is 27.8 Å². The van der Waals surface area contributed by atoms with Crippen LogP contribution in [0.4, 0.5) is 17.1 Å². The maximum atomic E-state index is 6.82. The normalized spacial score (nSPS) is 14.0. The summed E-state index contributed by atoms with van der Waals surface area (Å²) in [6.07, 6.45) is 0. The predicted octanol–water partition coefficient (Wildman–Crippen LogP) is 18.6. The fraction of sp³-hybridized carbons (Fsp3) is 0.0278. The van der Waals surface area contributed by atoms with Crippen molar-refractivity contribution in [1.82, 2.24) is 0 Å². The van der Waals surface area contributed by atoms with Crippen molar-refractivity contribution in [2.24, 2.45) is 0 Å². The zero-order valence-electron chi connectivity index (χ0n) is 40.7. The molecule has 12 aromatic carbocycles. The first-order chi connectivity index (χ1) is 37.2. The highest BCUT2D eigenvalue weighted by molar-refractivity contribution is 6.04. The Morgan fingerprint density at radius 1 is 0.280 bits per heavy atom. The SMILES string of the molecule is c1ccc(-c2ccc(-c3ccccc3N(c3ccc4c(c3)-c3ccc5ccccc5c3C43c4ccccc4Oc4ccccc43)c3cccc4c3-c3ccccc3C43c4ccccc4Oc4ccccc43)cc2)cc1. The number of hydrogen-bond acceptors (Lipinski definition) is 3. The Labute approximate surface area is 435 Å². The number of para-hydroxylation sites is 5. The molecular formula is C72H45NO2. The standard InChI is InChI=1S/C72H45NO2/c1-2-19-46(20-3-1)47-37-39-49(40-38-47)51-22-7-13-31-63(51)73(64-32-18-30-62-69(64)54-24-6-8-25-56(54)71(62)58-26-9-14-33-65(58)74-66-34-15-10-27-59(66)71)50-42-44-57-55(45-50)53-43-41-48-21-4-5-23-52(48)70(53)72(57)60-28-11-16-35-67(60)75-68-36-17-12-29-61(68)72/h1-45H. The van der Waals surface area contributed by atoms with Gasteiger partial charge in [0, 0.05) is 39.1 Å². The molecule has 2 spiro atoms. The van der Waals surface area contributed by atoms with Crippen molar-refractivity contribution in [1.29, 1.82) is 0 Å². The van der Waals surface area contributed by atoms with Gasteiger partial charge in [0.2, 0.25) is 0 Å². The van der Waals surface area contributed by atoms with E-state index in [0.29, 0.717) is 0 Å². The average molecular weight is 956 g/mol. The molecule has 0 atom stereocenters. The first kappa shape index (κ1) is 41.9. The van der Waals surface area contributed by atoms with Gasteiger partial charge in [-0.25, -0.2) is 0 Å². The molecule has 3 heteroatoms. The van der Waals surface area contributed by atoms with E-state index in [1.807, 2.05) is 0 Å². The number of fused-ring (bicyclic) bond motifs is 20. The van der Waals surface area contributed by atoms with Gasteiger partial charge in [-0.3, -0.25) is 0 Å². The van der Waals surface area contributed by atoms with Crippen LogP contribution in [0.5, 0.6) is 23.0 Å². The largest absolute Gasteiger partial charge is 0.457 e. The molecule has 350 valence electrons. The van der Waals surface area contributed by atoms with E-state index in [2.05, 4.69) is 278 Å². The summed E-state index contributed by atoms with van der Waals surface area (Å²) in [5.41, 5.74) is 21.0. The Balaban J connectivity index is 0.997. The van der Waals surface area contributed by atoms with Gasteiger partial charge in [-0.1, -0.05) is 224 Å². The lowest BCUT2D eigenvalue weighted by atomic mass is 9.65. The lowest BCUT2D eigenvalue weighted by Gasteiger charge is -2.40. The summed E-state index contributed by atoms with van der Waals surface area (Å²) in [4.78, 5) is 2.55. The molecule has 0 fully saturated rings. The lowest BCUT2D eigenvalue weighted by Crippen LogP contribution is -2.32. The monoisotopic (exact) mass is 955 g/mol. The second-order valence-corrected chi connectivity index (χ2v) is 20.2. The summed E-state index contributed by atoms with van der Waals surface area (Å²) in [7, 11) is 0. The van der Waals surface area contributed by atoms with Crippen LogP contribution >= 0.6 is 0 Å². The number of benzene rings is 12. The van der Waals surface area contributed by atoms with Crippen LogP contribution in [0, 0.1) is 0 Å². The van der Waals surface area contributed by atoms with Crippen molar-refractivity contribution in [3.05, 3.63) is 317 Å². The molecule has 0 radical (unpaired) electrons. The van der Waals surface area contributed by atoms with E-state index in [9.17, 15) is 0 Å². The smallest absolute Gasteiger partial charge is 0.132 e. The quantitative estimate of drug-likeness (QED) is 0.172. The number of nitrogens with zero attached hydrogens (tertiary/aromatic N) is 1. The van der Waals surface area contributed by atoms with Gasteiger partial charge in [0.15, 0.2) is 0 Å². The van der Waals surface area contributed by atoms with Crippen molar-refractivity contribution < 1.29 is 9.47 Å². The van der Waals surface area contributed by atoms with Crippen LogP contribution in [0.15, 0.2) is 273 Å². The summed E-state index contributed by atoms with van der Waals surface area (Å²) in [6.45, 7) is 0. The van der Waals surface area contributed by atoms with Crippen LogP contribution in [0.2, 0.25) is 0 Å². The topological polar surface area (TPSA) is 21.7 Å². The highest BCUT2D eigenvalue weighted by Crippen LogP contribution is 2.66. The minimum atomic E-state index is -0.651. The Kier molecular flexibility index (Phi) is 8.88. The molecule has 0 bridgehead atoms. The van der Waals surface area contributed by atoms with Gasteiger partial charge in [0.25, 0.3) is 0 Å². The molecule has 0 unspecified atom stereocenters. The third-order valence-electron chi connectivity index (χ3n) is 16.6. The number of rotatable bonds is 5. The van der Waals surface area contributed by atoms with Gasteiger partial charge in [-0.05, 0) is 115 Å². The summed E-state index contributed by atoms with van der Waals surface area (Å²) < 4.78 is 13.6. The third kappa shape index (κ3) is 5.70. The van der Waals surface area contributed by atoms with E-state index in [0.717, 1.165) is 73.4 Å². The molecule has 2 aliphatic carbocycles. The molecule has 2 heterocycles.